The van der Waals surface area contributed by atoms with Crippen molar-refractivity contribution in [2.75, 3.05) is 7.11 Å². The van der Waals surface area contributed by atoms with E-state index in [9.17, 15) is 23.5 Å². The molecule has 0 saturated heterocycles. The quantitative estimate of drug-likeness (QED) is 0.326. The Hall–Kier alpha value is -3.48. The first kappa shape index (κ1) is 22.8. The first-order valence-corrected chi connectivity index (χ1v) is 8.70. The lowest BCUT2D eigenvalue weighted by Gasteiger charge is -2.34. The Morgan fingerprint density at radius 3 is 1.97 bits per heavy atom. The van der Waals surface area contributed by atoms with Crippen LogP contribution in [0.2, 0.25) is 0 Å². The maximum Gasteiger partial charge on any atom is 0.269 e. The van der Waals surface area contributed by atoms with Crippen LogP contribution >= 0.6 is 0 Å². The van der Waals surface area contributed by atoms with Gasteiger partial charge in [0.2, 0.25) is 0 Å². The van der Waals surface area contributed by atoms with Crippen LogP contribution in [0.3, 0.4) is 0 Å². The number of halogens is 2. The number of ether oxygens (including phenoxy) is 1. The summed E-state index contributed by atoms with van der Waals surface area (Å²) in [5.41, 5.74) is 0.250. The van der Waals surface area contributed by atoms with Crippen molar-refractivity contribution in [3.63, 3.8) is 0 Å². The molecular weight excluding hydrogens is 398 g/mol. The standard InChI is InChI=1S/C21H20F2N2O5/c1-21(30-2,20(22)23)17(19(28)25-29)24-18(27)15-9-5-13(6-10-15)3-4-14-7-11-16(26)12-8-14/h5-12,17,20,26,29H,1-2H3,(H,24,27)(H,25,28)/t17-,21?/m1/s1. The number of carbonyl (C=O) groups excluding carboxylic acids is 2. The van der Waals surface area contributed by atoms with E-state index in [4.69, 9.17) is 9.94 Å². The maximum absolute atomic E-state index is 13.4. The second-order valence-corrected chi connectivity index (χ2v) is 6.45. The van der Waals surface area contributed by atoms with Crippen molar-refractivity contribution in [1.29, 1.82) is 0 Å². The van der Waals surface area contributed by atoms with E-state index in [1.54, 1.807) is 24.3 Å². The van der Waals surface area contributed by atoms with Crippen molar-refractivity contribution in [3.8, 4) is 17.6 Å². The minimum atomic E-state index is -3.12. The molecule has 0 bridgehead atoms. The lowest BCUT2D eigenvalue weighted by Crippen LogP contribution is -2.62. The molecule has 0 aliphatic carbocycles. The van der Waals surface area contributed by atoms with Crippen LogP contribution in [0, 0.1) is 11.8 Å². The summed E-state index contributed by atoms with van der Waals surface area (Å²) < 4.78 is 31.6. The molecule has 1 unspecified atom stereocenters. The molecule has 9 heteroatoms. The number of rotatable bonds is 6. The molecule has 158 valence electrons. The summed E-state index contributed by atoms with van der Waals surface area (Å²) in [5, 5.41) is 20.3. The van der Waals surface area contributed by atoms with Crippen molar-refractivity contribution >= 4 is 11.8 Å². The number of phenolic OH excluding ortho intramolecular Hbond substituents is 1. The maximum atomic E-state index is 13.4. The average molecular weight is 418 g/mol. The molecule has 0 aliphatic rings. The Bertz CT molecular complexity index is 952. The fraction of sp³-hybridized carbons (Fsp3) is 0.238. The molecule has 0 heterocycles. The minimum absolute atomic E-state index is 0.0913. The van der Waals surface area contributed by atoms with Crippen LogP contribution < -0.4 is 10.8 Å². The number of carbonyl (C=O) groups is 2. The predicted octanol–water partition coefficient (Wildman–Crippen LogP) is 2.07. The minimum Gasteiger partial charge on any atom is -0.508 e. The van der Waals surface area contributed by atoms with Crippen molar-refractivity contribution in [3.05, 3.63) is 65.2 Å². The van der Waals surface area contributed by atoms with E-state index in [0.29, 0.717) is 11.1 Å². The first-order valence-electron chi connectivity index (χ1n) is 8.70. The number of amides is 2. The Kier molecular flexibility index (Phi) is 7.47. The fourth-order valence-electron chi connectivity index (χ4n) is 2.48. The van der Waals surface area contributed by atoms with Crippen molar-refractivity contribution in [2.24, 2.45) is 0 Å². The number of hydrogen-bond acceptors (Lipinski definition) is 5. The summed E-state index contributed by atoms with van der Waals surface area (Å²) in [6.07, 6.45) is -3.12. The van der Waals surface area contributed by atoms with Crippen LogP contribution in [0.1, 0.15) is 28.4 Å². The highest BCUT2D eigenvalue weighted by Gasteiger charge is 2.48. The van der Waals surface area contributed by atoms with E-state index in [0.717, 1.165) is 14.0 Å². The number of methoxy groups -OCH3 is 1. The van der Waals surface area contributed by atoms with Crippen molar-refractivity contribution in [1.82, 2.24) is 10.8 Å². The molecule has 4 N–H and O–H groups in total. The van der Waals surface area contributed by atoms with Gasteiger partial charge >= 0.3 is 0 Å². The number of hydroxylamine groups is 1. The molecule has 0 spiro atoms. The summed E-state index contributed by atoms with van der Waals surface area (Å²) in [4.78, 5) is 24.3. The van der Waals surface area contributed by atoms with Crippen LogP contribution in [0.25, 0.3) is 0 Å². The van der Waals surface area contributed by atoms with Crippen LogP contribution in [-0.2, 0) is 9.53 Å². The molecule has 7 nitrogen and oxygen atoms in total. The lowest BCUT2D eigenvalue weighted by molar-refractivity contribution is -0.157. The molecule has 0 saturated carbocycles. The Balaban J connectivity index is 2.18. The van der Waals surface area contributed by atoms with Gasteiger partial charge in [0.25, 0.3) is 18.2 Å². The van der Waals surface area contributed by atoms with Gasteiger partial charge in [-0.1, -0.05) is 11.8 Å². The summed E-state index contributed by atoms with van der Waals surface area (Å²) >= 11 is 0. The second kappa shape index (κ2) is 9.82. The van der Waals surface area contributed by atoms with Crippen LogP contribution in [0.4, 0.5) is 8.78 Å². The summed E-state index contributed by atoms with van der Waals surface area (Å²) in [6.45, 7) is 0.944. The summed E-state index contributed by atoms with van der Waals surface area (Å²) in [5.74, 6) is 3.84. The normalized spacial score (nSPS) is 13.5. The SMILES string of the molecule is COC(C)(C(F)F)[C@H](NC(=O)c1ccc(C#Cc2ccc(O)cc2)cc1)C(=O)NO. The highest BCUT2D eigenvalue weighted by molar-refractivity contribution is 5.97. The van der Waals surface area contributed by atoms with Crippen LogP contribution in [0.15, 0.2) is 48.5 Å². The van der Waals surface area contributed by atoms with Gasteiger partial charge in [0.05, 0.1) is 0 Å². The highest BCUT2D eigenvalue weighted by Crippen LogP contribution is 2.24. The van der Waals surface area contributed by atoms with E-state index in [-0.39, 0.29) is 11.3 Å². The molecule has 2 rings (SSSR count). The molecule has 2 aromatic rings. The number of hydrogen-bond donors (Lipinski definition) is 4. The predicted molar refractivity (Wildman–Crippen MR) is 103 cm³/mol. The van der Waals surface area contributed by atoms with Gasteiger partial charge in [-0.2, -0.15) is 0 Å². The molecule has 0 aliphatic heterocycles. The number of nitrogens with one attached hydrogen (secondary N) is 2. The molecule has 2 aromatic carbocycles. The van der Waals surface area contributed by atoms with E-state index < -0.39 is 29.9 Å². The van der Waals surface area contributed by atoms with Gasteiger partial charge in [-0.15, -0.1) is 0 Å². The molecule has 30 heavy (non-hydrogen) atoms. The van der Waals surface area contributed by atoms with Crippen molar-refractivity contribution < 1.29 is 33.4 Å². The monoisotopic (exact) mass is 418 g/mol. The van der Waals surface area contributed by atoms with Gasteiger partial charge in [-0.25, -0.2) is 14.3 Å². The molecule has 2 atom stereocenters. The van der Waals surface area contributed by atoms with E-state index in [1.165, 1.54) is 29.7 Å². The molecule has 2 amide bonds. The molecular formula is C21H20F2N2O5. The fourth-order valence-corrected chi connectivity index (χ4v) is 2.48. The highest BCUT2D eigenvalue weighted by atomic mass is 19.3. The molecule has 0 fully saturated rings. The third-order valence-corrected chi connectivity index (χ3v) is 4.46. The third kappa shape index (κ3) is 5.31. The van der Waals surface area contributed by atoms with Crippen LogP contribution in [-0.4, -0.2) is 47.3 Å². The van der Waals surface area contributed by atoms with Gasteiger partial charge in [0.1, 0.15) is 11.8 Å². The topological polar surface area (TPSA) is 108 Å². The summed E-state index contributed by atoms with van der Waals surface area (Å²) in [6, 6.07) is 10.4. The lowest BCUT2D eigenvalue weighted by atomic mass is 9.95. The van der Waals surface area contributed by atoms with Gasteiger partial charge in [0.15, 0.2) is 5.60 Å². The van der Waals surface area contributed by atoms with E-state index in [1.807, 2.05) is 0 Å². The Morgan fingerprint density at radius 2 is 1.53 bits per heavy atom. The largest absolute Gasteiger partial charge is 0.508 e. The number of benzene rings is 2. The van der Waals surface area contributed by atoms with E-state index >= 15 is 0 Å². The smallest absolute Gasteiger partial charge is 0.269 e. The summed E-state index contributed by atoms with van der Waals surface area (Å²) in [7, 11) is 0.970. The van der Waals surface area contributed by atoms with Gasteiger partial charge < -0.3 is 15.2 Å². The van der Waals surface area contributed by atoms with Gasteiger partial charge in [-0.05, 0) is 55.5 Å². The average Bonchev–Trinajstić information content (AvgIpc) is 2.76. The zero-order valence-electron chi connectivity index (χ0n) is 16.1. The number of aromatic hydroxyl groups is 1. The van der Waals surface area contributed by atoms with Crippen molar-refractivity contribution in [2.45, 2.75) is 25.0 Å². The Labute approximate surface area is 171 Å². The molecule has 0 aromatic heterocycles. The van der Waals surface area contributed by atoms with E-state index in [2.05, 4.69) is 17.2 Å². The second-order valence-electron chi connectivity index (χ2n) is 6.45. The first-order chi connectivity index (χ1) is 14.2. The third-order valence-electron chi connectivity index (χ3n) is 4.46. The molecule has 0 radical (unpaired) electrons. The zero-order chi connectivity index (χ0) is 22.3. The number of phenols is 1. The van der Waals surface area contributed by atoms with Gasteiger partial charge in [0, 0.05) is 23.8 Å². The van der Waals surface area contributed by atoms with Crippen LogP contribution in [0.5, 0.6) is 5.75 Å². The van der Waals surface area contributed by atoms with Gasteiger partial charge in [-0.3, -0.25) is 14.8 Å². The zero-order valence-corrected chi connectivity index (χ0v) is 16.1. The number of alkyl halides is 2. The Morgan fingerprint density at radius 1 is 1.03 bits per heavy atom.